The van der Waals surface area contributed by atoms with Crippen LogP contribution >= 0.6 is 0 Å². The SMILES string of the molecule is C1COCCO1.O=Cc1ccc2nccnc2c1. The maximum atomic E-state index is 10.4. The van der Waals surface area contributed by atoms with E-state index < -0.39 is 0 Å². The Bertz CT molecular complexity index is 501. The fourth-order valence-corrected chi connectivity index (χ4v) is 1.49. The molecule has 0 unspecified atom stereocenters. The van der Waals surface area contributed by atoms with Crippen LogP contribution in [-0.2, 0) is 9.47 Å². The molecule has 5 nitrogen and oxygen atoms in total. The first kappa shape index (κ1) is 12.6. The molecule has 5 heteroatoms. The molecule has 0 atom stereocenters. The fraction of sp³-hybridized carbons (Fsp3) is 0.308. The average Bonchev–Trinajstić information content (AvgIpc) is 2.49. The molecule has 0 amide bonds. The Kier molecular flexibility index (Phi) is 4.75. The summed E-state index contributed by atoms with van der Waals surface area (Å²) in [6.45, 7) is 3.11. The van der Waals surface area contributed by atoms with Gasteiger partial charge in [0.1, 0.15) is 6.29 Å². The minimum Gasteiger partial charge on any atom is -0.377 e. The Labute approximate surface area is 105 Å². The Morgan fingerprint density at radius 2 is 1.56 bits per heavy atom. The predicted molar refractivity (Wildman–Crippen MR) is 66.6 cm³/mol. The van der Waals surface area contributed by atoms with E-state index in [2.05, 4.69) is 9.97 Å². The van der Waals surface area contributed by atoms with Gasteiger partial charge in [-0.05, 0) is 18.2 Å². The molecule has 1 fully saturated rings. The van der Waals surface area contributed by atoms with Gasteiger partial charge in [-0.25, -0.2) is 0 Å². The van der Waals surface area contributed by atoms with Crippen LogP contribution in [0.2, 0.25) is 0 Å². The summed E-state index contributed by atoms with van der Waals surface area (Å²) in [7, 11) is 0. The van der Waals surface area contributed by atoms with E-state index in [0.717, 1.165) is 43.7 Å². The number of ether oxygens (including phenoxy) is 2. The monoisotopic (exact) mass is 246 g/mol. The Morgan fingerprint density at radius 3 is 2.11 bits per heavy atom. The van der Waals surface area contributed by atoms with Crippen molar-refractivity contribution in [3.05, 3.63) is 36.2 Å². The molecule has 2 aromatic rings. The largest absolute Gasteiger partial charge is 0.377 e. The van der Waals surface area contributed by atoms with E-state index in [4.69, 9.17) is 9.47 Å². The number of rotatable bonds is 1. The summed E-state index contributed by atoms with van der Waals surface area (Å²) in [4.78, 5) is 18.5. The van der Waals surface area contributed by atoms with Crippen LogP contribution in [0.25, 0.3) is 11.0 Å². The molecule has 0 bridgehead atoms. The van der Waals surface area contributed by atoms with Crippen molar-refractivity contribution in [2.45, 2.75) is 0 Å². The van der Waals surface area contributed by atoms with Gasteiger partial charge in [-0.2, -0.15) is 0 Å². The highest BCUT2D eigenvalue weighted by Crippen LogP contribution is 2.08. The first-order chi connectivity index (χ1) is 8.90. The normalized spacial score (nSPS) is 14.7. The van der Waals surface area contributed by atoms with Crippen LogP contribution in [0.3, 0.4) is 0 Å². The second-order valence-corrected chi connectivity index (χ2v) is 3.65. The second-order valence-electron chi connectivity index (χ2n) is 3.65. The van der Waals surface area contributed by atoms with Gasteiger partial charge in [0.05, 0.1) is 37.5 Å². The third-order valence-electron chi connectivity index (χ3n) is 2.37. The molecule has 1 aromatic heterocycles. The van der Waals surface area contributed by atoms with Crippen molar-refractivity contribution in [2.75, 3.05) is 26.4 Å². The van der Waals surface area contributed by atoms with E-state index in [1.54, 1.807) is 30.6 Å². The van der Waals surface area contributed by atoms with Crippen molar-refractivity contribution in [2.24, 2.45) is 0 Å². The number of aromatic nitrogens is 2. The van der Waals surface area contributed by atoms with E-state index in [1.165, 1.54) is 0 Å². The highest BCUT2D eigenvalue weighted by Gasteiger charge is 1.95. The number of aldehydes is 1. The number of benzene rings is 1. The third kappa shape index (κ3) is 3.58. The highest BCUT2D eigenvalue weighted by atomic mass is 16.6. The quantitative estimate of drug-likeness (QED) is 0.713. The predicted octanol–water partition coefficient (Wildman–Crippen LogP) is 1.48. The Balaban J connectivity index is 0.000000169. The zero-order valence-corrected chi connectivity index (χ0v) is 9.91. The fourth-order valence-electron chi connectivity index (χ4n) is 1.49. The van der Waals surface area contributed by atoms with Crippen LogP contribution in [-0.4, -0.2) is 42.7 Å². The van der Waals surface area contributed by atoms with Crippen LogP contribution in [0.15, 0.2) is 30.6 Å². The van der Waals surface area contributed by atoms with Gasteiger partial charge >= 0.3 is 0 Å². The Morgan fingerprint density at radius 1 is 0.944 bits per heavy atom. The molecule has 2 heterocycles. The first-order valence-electron chi connectivity index (χ1n) is 5.71. The van der Waals surface area contributed by atoms with Gasteiger partial charge < -0.3 is 9.47 Å². The molecule has 0 saturated carbocycles. The summed E-state index contributed by atoms with van der Waals surface area (Å²) in [6.07, 6.45) is 4.04. The van der Waals surface area contributed by atoms with Gasteiger partial charge in [0, 0.05) is 18.0 Å². The summed E-state index contributed by atoms with van der Waals surface area (Å²) in [6, 6.07) is 5.23. The van der Waals surface area contributed by atoms with Gasteiger partial charge in [-0.3, -0.25) is 14.8 Å². The van der Waals surface area contributed by atoms with E-state index in [1.807, 2.05) is 0 Å². The van der Waals surface area contributed by atoms with Crippen molar-refractivity contribution in [3.63, 3.8) is 0 Å². The lowest BCUT2D eigenvalue weighted by atomic mass is 10.2. The minimum absolute atomic E-state index is 0.628. The van der Waals surface area contributed by atoms with Crippen molar-refractivity contribution < 1.29 is 14.3 Å². The summed E-state index contributed by atoms with van der Waals surface area (Å²) in [5.74, 6) is 0. The lowest BCUT2D eigenvalue weighted by Crippen LogP contribution is -2.16. The van der Waals surface area contributed by atoms with Gasteiger partial charge in [0.2, 0.25) is 0 Å². The van der Waals surface area contributed by atoms with Gasteiger partial charge in [-0.15, -0.1) is 0 Å². The molecule has 1 aliphatic heterocycles. The molecule has 1 aliphatic rings. The van der Waals surface area contributed by atoms with E-state index in [-0.39, 0.29) is 0 Å². The highest BCUT2D eigenvalue weighted by molar-refractivity contribution is 5.84. The van der Waals surface area contributed by atoms with Crippen LogP contribution in [0.1, 0.15) is 10.4 Å². The first-order valence-corrected chi connectivity index (χ1v) is 5.71. The molecule has 0 spiro atoms. The smallest absolute Gasteiger partial charge is 0.150 e. The molecule has 94 valence electrons. The standard InChI is InChI=1S/C9H6N2O.C4H8O2/c12-6-7-1-2-8-9(5-7)11-4-3-10-8;1-2-6-4-3-5-1/h1-6H;1-4H2. The van der Waals surface area contributed by atoms with Crippen LogP contribution in [0.4, 0.5) is 0 Å². The molecule has 0 aliphatic carbocycles. The number of hydrogen-bond donors (Lipinski definition) is 0. The zero-order chi connectivity index (χ0) is 12.6. The summed E-state index contributed by atoms with van der Waals surface area (Å²) < 4.78 is 9.89. The van der Waals surface area contributed by atoms with Crippen LogP contribution in [0, 0.1) is 0 Å². The van der Waals surface area contributed by atoms with E-state index in [9.17, 15) is 4.79 Å². The second kappa shape index (κ2) is 6.78. The lowest BCUT2D eigenvalue weighted by Gasteiger charge is -2.09. The lowest BCUT2D eigenvalue weighted by molar-refractivity contribution is -0.0334. The summed E-state index contributed by atoms with van der Waals surface area (Å²) in [5.41, 5.74) is 2.19. The molecule has 1 aromatic carbocycles. The van der Waals surface area contributed by atoms with Crippen molar-refractivity contribution in [3.8, 4) is 0 Å². The number of carbonyl (C=O) groups excluding carboxylic acids is 1. The number of carbonyl (C=O) groups is 1. The molecular weight excluding hydrogens is 232 g/mol. The van der Waals surface area contributed by atoms with Crippen molar-refractivity contribution >= 4 is 17.3 Å². The number of fused-ring (bicyclic) bond motifs is 1. The third-order valence-corrected chi connectivity index (χ3v) is 2.37. The Hall–Kier alpha value is -1.85. The molecule has 0 N–H and O–H groups in total. The molecule has 18 heavy (non-hydrogen) atoms. The molecule has 1 saturated heterocycles. The van der Waals surface area contributed by atoms with Crippen LogP contribution in [0.5, 0.6) is 0 Å². The van der Waals surface area contributed by atoms with Gasteiger partial charge in [-0.1, -0.05) is 0 Å². The van der Waals surface area contributed by atoms with Crippen molar-refractivity contribution in [1.82, 2.24) is 9.97 Å². The van der Waals surface area contributed by atoms with E-state index >= 15 is 0 Å². The number of hydrogen-bond acceptors (Lipinski definition) is 5. The summed E-state index contributed by atoms with van der Waals surface area (Å²) >= 11 is 0. The average molecular weight is 246 g/mol. The van der Waals surface area contributed by atoms with Crippen molar-refractivity contribution in [1.29, 1.82) is 0 Å². The maximum absolute atomic E-state index is 10.4. The maximum Gasteiger partial charge on any atom is 0.150 e. The minimum atomic E-state index is 0.628. The number of nitrogens with zero attached hydrogens (tertiary/aromatic N) is 2. The molecular formula is C13H14N2O3. The van der Waals surface area contributed by atoms with E-state index in [0.29, 0.717) is 5.56 Å². The van der Waals surface area contributed by atoms with Gasteiger partial charge in [0.25, 0.3) is 0 Å². The zero-order valence-electron chi connectivity index (χ0n) is 9.91. The van der Waals surface area contributed by atoms with Crippen LogP contribution < -0.4 is 0 Å². The molecule has 0 radical (unpaired) electrons. The molecule has 3 rings (SSSR count). The van der Waals surface area contributed by atoms with Gasteiger partial charge in [0.15, 0.2) is 0 Å². The summed E-state index contributed by atoms with van der Waals surface area (Å²) in [5, 5.41) is 0. The topological polar surface area (TPSA) is 61.3 Å².